The van der Waals surface area contributed by atoms with E-state index < -0.39 is 0 Å². The molecule has 0 aromatic rings. The topological polar surface area (TPSA) is 29.1 Å². The second-order valence-corrected chi connectivity index (χ2v) is 1.48. The predicted molar refractivity (Wildman–Crippen MR) is 33.5 cm³/mol. The van der Waals surface area contributed by atoms with Crippen molar-refractivity contribution in [2.75, 3.05) is 6.54 Å². The summed E-state index contributed by atoms with van der Waals surface area (Å²) in [5.41, 5.74) is 0. The Hall–Kier alpha value is -0.790. The van der Waals surface area contributed by atoms with Crippen LogP contribution >= 0.6 is 0 Å². The van der Waals surface area contributed by atoms with E-state index >= 15 is 0 Å². The molecular formula is C6H11NO. The Morgan fingerprint density at radius 1 is 1.88 bits per heavy atom. The van der Waals surface area contributed by atoms with Crippen LogP contribution in [0.2, 0.25) is 0 Å². The summed E-state index contributed by atoms with van der Waals surface area (Å²) in [5, 5.41) is 2.71. The summed E-state index contributed by atoms with van der Waals surface area (Å²) in [7, 11) is 0. The van der Waals surface area contributed by atoms with Crippen molar-refractivity contribution in [3.8, 4) is 0 Å². The van der Waals surface area contributed by atoms with Crippen molar-refractivity contribution < 1.29 is 4.79 Å². The number of nitrogens with one attached hydrogen (secondary N) is 1. The molecule has 46 valence electrons. The Kier molecular flexibility index (Phi) is 3.94. The molecule has 0 rings (SSSR count). The Balaban J connectivity index is 3.11. The molecule has 0 aliphatic heterocycles. The van der Waals surface area contributed by atoms with Gasteiger partial charge in [-0.15, -0.1) is 0 Å². The van der Waals surface area contributed by atoms with E-state index in [1.54, 1.807) is 0 Å². The van der Waals surface area contributed by atoms with Crippen LogP contribution in [0.3, 0.4) is 0 Å². The standard InChI is InChI=1S/C6H11NO/c1-3-6(8)5-7-4-2/h4,7H,2-3,5H2,1H3. The van der Waals surface area contributed by atoms with Gasteiger partial charge in [-0.2, -0.15) is 0 Å². The van der Waals surface area contributed by atoms with Crippen LogP contribution in [0.5, 0.6) is 0 Å². The summed E-state index contributed by atoms with van der Waals surface area (Å²) in [6.07, 6.45) is 2.12. The third-order valence-corrected chi connectivity index (χ3v) is 0.838. The average Bonchev–Trinajstić information content (AvgIpc) is 1.83. The summed E-state index contributed by atoms with van der Waals surface area (Å²) in [5.74, 6) is 0.213. The van der Waals surface area contributed by atoms with Crippen LogP contribution in [0.1, 0.15) is 13.3 Å². The smallest absolute Gasteiger partial charge is 0.151 e. The lowest BCUT2D eigenvalue weighted by Crippen LogP contribution is -2.15. The molecule has 0 amide bonds. The second kappa shape index (κ2) is 4.37. The summed E-state index contributed by atoms with van der Waals surface area (Å²) in [4.78, 5) is 10.5. The van der Waals surface area contributed by atoms with Gasteiger partial charge in [0.05, 0.1) is 6.54 Å². The molecule has 0 saturated carbocycles. The molecule has 1 N–H and O–H groups in total. The van der Waals surface area contributed by atoms with Crippen molar-refractivity contribution >= 4 is 5.78 Å². The van der Waals surface area contributed by atoms with Gasteiger partial charge in [0.15, 0.2) is 5.78 Å². The Labute approximate surface area is 49.6 Å². The number of hydrogen-bond acceptors (Lipinski definition) is 2. The fourth-order valence-corrected chi connectivity index (χ4v) is 0.311. The predicted octanol–water partition coefficient (Wildman–Crippen LogP) is 0.699. The van der Waals surface area contributed by atoms with Crippen LogP contribution < -0.4 is 5.32 Å². The summed E-state index contributed by atoms with van der Waals surface area (Å²) < 4.78 is 0. The van der Waals surface area contributed by atoms with E-state index in [1.807, 2.05) is 6.92 Å². The fourth-order valence-electron chi connectivity index (χ4n) is 0.311. The van der Waals surface area contributed by atoms with Gasteiger partial charge in [-0.1, -0.05) is 13.5 Å². The summed E-state index contributed by atoms with van der Waals surface area (Å²) >= 11 is 0. The molecule has 0 bridgehead atoms. The minimum absolute atomic E-state index is 0.213. The van der Waals surface area contributed by atoms with Gasteiger partial charge in [0.2, 0.25) is 0 Å². The minimum Gasteiger partial charge on any atom is -0.384 e. The zero-order valence-electron chi connectivity index (χ0n) is 5.11. The molecule has 0 aromatic carbocycles. The maximum absolute atomic E-state index is 10.5. The Bertz CT molecular complexity index is 88.5. The average molecular weight is 113 g/mol. The SMILES string of the molecule is C=CNCC(=O)CC. The first-order valence-electron chi connectivity index (χ1n) is 2.67. The first-order chi connectivity index (χ1) is 3.81. The van der Waals surface area contributed by atoms with E-state index in [2.05, 4.69) is 11.9 Å². The Morgan fingerprint density at radius 2 is 2.50 bits per heavy atom. The molecule has 2 nitrogen and oxygen atoms in total. The van der Waals surface area contributed by atoms with Gasteiger partial charge in [-0.05, 0) is 6.20 Å². The molecule has 0 unspecified atom stereocenters. The zero-order chi connectivity index (χ0) is 6.41. The van der Waals surface area contributed by atoms with E-state index in [0.717, 1.165) is 0 Å². The largest absolute Gasteiger partial charge is 0.384 e. The Morgan fingerprint density at radius 3 is 2.88 bits per heavy atom. The van der Waals surface area contributed by atoms with Crippen LogP contribution in [0, 0.1) is 0 Å². The zero-order valence-corrected chi connectivity index (χ0v) is 5.11. The molecule has 0 radical (unpaired) electrons. The summed E-state index contributed by atoms with van der Waals surface area (Å²) in [6.45, 7) is 5.66. The lowest BCUT2D eigenvalue weighted by Gasteiger charge is -1.93. The van der Waals surface area contributed by atoms with E-state index in [-0.39, 0.29) is 5.78 Å². The number of carbonyl (C=O) groups excluding carboxylic acids is 1. The minimum atomic E-state index is 0.213. The highest BCUT2D eigenvalue weighted by Gasteiger charge is 1.91. The molecule has 2 heteroatoms. The van der Waals surface area contributed by atoms with Gasteiger partial charge in [-0.3, -0.25) is 4.79 Å². The highest BCUT2D eigenvalue weighted by Crippen LogP contribution is 1.75. The van der Waals surface area contributed by atoms with Crippen LogP contribution in [0.15, 0.2) is 12.8 Å². The van der Waals surface area contributed by atoms with Gasteiger partial charge >= 0.3 is 0 Å². The quantitative estimate of drug-likeness (QED) is 0.581. The highest BCUT2D eigenvalue weighted by molar-refractivity contribution is 5.80. The fraction of sp³-hybridized carbons (Fsp3) is 0.500. The number of hydrogen-bond donors (Lipinski definition) is 1. The molecular weight excluding hydrogens is 102 g/mol. The van der Waals surface area contributed by atoms with Gasteiger partial charge in [0.25, 0.3) is 0 Å². The molecule has 0 atom stereocenters. The van der Waals surface area contributed by atoms with E-state index in [9.17, 15) is 4.79 Å². The summed E-state index contributed by atoms with van der Waals surface area (Å²) in [6, 6.07) is 0. The molecule has 0 aliphatic carbocycles. The van der Waals surface area contributed by atoms with Crippen LogP contribution in [0.4, 0.5) is 0 Å². The van der Waals surface area contributed by atoms with Crippen molar-refractivity contribution in [3.63, 3.8) is 0 Å². The maximum atomic E-state index is 10.5. The lowest BCUT2D eigenvalue weighted by molar-refractivity contribution is -0.117. The van der Waals surface area contributed by atoms with Gasteiger partial charge in [0.1, 0.15) is 0 Å². The van der Waals surface area contributed by atoms with Crippen molar-refractivity contribution in [1.82, 2.24) is 5.32 Å². The molecule has 0 spiro atoms. The second-order valence-electron chi connectivity index (χ2n) is 1.48. The molecule has 0 fully saturated rings. The van der Waals surface area contributed by atoms with Gasteiger partial charge < -0.3 is 5.32 Å². The van der Waals surface area contributed by atoms with Crippen molar-refractivity contribution in [3.05, 3.63) is 12.8 Å². The van der Waals surface area contributed by atoms with Crippen molar-refractivity contribution in [2.24, 2.45) is 0 Å². The monoisotopic (exact) mass is 113 g/mol. The third-order valence-electron chi connectivity index (χ3n) is 0.838. The van der Waals surface area contributed by atoms with E-state index in [1.165, 1.54) is 6.20 Å². The van der Waals surface area contributed by atoms with Crippen molar-refractivity contribution in [2.45, 2.75) is 13.3 Å². The van der Waals surface area contributed by atoms with Crippen molar-refractivity contribution in [1.29, 1.82) is 0 Å². The number of rotatable bonds is 4. The molecule has 0 aliphatic rings. The number of carbonyl (C=O) groups is 1. The van der Waals surface area contributed by atoms with E-state index in [0.29, 0.717) is 13.0 Å². The van der Waals surface area contributed by atoms with E-state index in [4.69, 9.17) is 0 Å². The van der Waals surface area contributed by atoms with Crippen LogP contribution in [-0.2, 0) is 4.79 Å². The lowest BCUT2D eigenvalue weighted by atomic mass is 10.3. The molecule has 0 aromatic heterocycles. The number of ketones is 1. The highest BCUT2D eigenvalue weighted by atomic mass is 16.1. The first-order valence-corrected chi connectivity index (χ1v) is 2.67. The van der Waals surface area contributed by atoms with Crippen LogP contribution in [-0.4, -0.2) is 12.3 Å². The first kappa shape index (κ1) is 7.21. The van der Waals surface area contributed by atoms with Crippen LogP contribution in [0.25, 0.3) is 0 Å². The molecule has 8 heavy (non-hydrogen) atoms. The normalized spacial score (nSPS) is 8.12. The third kappa shape index (κ3) is 3.40. The van der Waals surface area contributed by atoms with Gasteiger partial charge in [0, 0.05) is 6.42 Å². The molecule has 0 saturated heterocycles. The van der Waals surface area contributed by atoms with Gasteiger partial charge in [-0.25, -0.2) is 0 Å². The number of Topliss-reactive ketones (excluding diaryl/α,β-unsaturated/α-hetero) is 1. The molecule has 0 heterocycles. The maximum Gasteiger partial charge on any atom is 0.151 e.